The Hall–Kier alpha value is -0.830. The van der Waals surface area contributed by atoms with Crippen molar-refractivity contribution in [2.75, 3.05) is 0 Å². The largest absolute Gasteiger partial charge is 0.353 e. The first-order chi connectivity index (χ1) is 7.11. The van der Waals surface area contributed by atoms with Crippen LogP contribution in [0.4, 0.5) is 0 Å². The molecule has 0 aliphatic rings. The van der Waals surface area contributed by atoms with Gasteiger partial charge in [-0.25, -0.2) is 0 Å². The molecule has 0 aliphatic carbocycles. The van der Waals surface area contributed by atoms with Gasteiger partial charge in [0.1, 0.15) is 0 Å². The van der Waals surface area contributed by atoms with Gasteiger partial charge in [0.15, 0.2) is 0 Å². The van der Waals surface area contributed by atoms with Crippen molar-refractivity contribution in [2.24, 2.45) is 0 Å². The van der Waals surface area contributed by atoms with Crippen molar-refractivity contribution in [2.45, 2.75) is 32.7 Å². The summed E-state index contributed by atoms with van der Waals surface area (Å²) in [5, 5.41) is 2.94. The normalized spacial score (nSPS) is 12.2. The lowest BCUT2D eigenvalue weighted by molar-refractivity contribution is -0.121. The molecule has 0 saturated carbocycles. The highest BCUT2D eigenvalue weighted by Crippen LogP contribution is 2.11. The maximum absolute atomic E-state index is 11.1. The highest BCUT2D eigenvalue weighted by Gasteiger charge is 2.05. The van der Waals surface area contributed by atoms with E-state index in [0.717, 1.165) is 10.9 Å². The molecule has 1 amide bonds. The molecule has 82 valence electrons. The van der Waals surface area contributed by atoms with E-state index in [1.807, 2.05) is 26.0 Å². The molecule has 1 aromatic rings. The second kappa shape index (κ2) is 5.91. The number of benzene rings is 1. The molecule has 0 aliphatic heterocycles. The maximum atomic E-state index is 11.1. The van der Waals surface area contributed by atoms with Crippen LogP contribution in [0.5, 0.6) is 0 Å². The standard InChI is InChI=1S/C12H16BrNO/c1-3-12(15)14-9(2)8-10-4-6-11(13)7-5-10/h4-7,9H,3,8H2,1-2H3,(H,14,15). The van der Waals surface area contributed by atoms with Crippen LogP contribution < -0.4 is 5.32 Å². The highest BCUT2D eigenvalue weighted by atomic mass is 79.9. The average molecular weight is 270 g/mol. The average Bonchev–Trinajstić information content (AvgIpc) is 2.21. The van der Waals surface area contributed by atoms with Gasteiger partial charge in [-0.05, 0) is 31.0 Å². The summed E-state index contributed by atoms with van der Waals surface area (Å²) in [6, 6.07) is 8.36. The zero-order valence-electron chi connectivity index (χ0n) is 9.09. The fourth-order valence-electron chi connectivity index (χ4n) is 1.40. The Morgan fingerprint density at radius 3 is 2.53 bits per heavy atom. The zero-order chi connectivity index (χ0) is 11.3. The Morgan fingerprint density at radius 2 is 2.00 bits per heavy atom. The predicted octanol–water partition coefficient (Wildman–Crippen LogP) is 2.91. The molecule has 0 aromatic heterocycles. The molecule has 0 spiro atoms. The summed E-state index contributed by atoms with van der Waals surface area (Å²) >= 11 is 3.39. The quantitative estimate of drug-likeness (QED) is 0.895. The Balaban J connectivity index is 2.47. The van der Waals surface area contributed by atoms with E-state index < -0.39 is 0 Å². The lowest BCUT2D eigenvalue weighted by atomic mass is 10.1. The Morgan fingerprint density at radius 1 is 1.40 bits per heavy atom. The summed E-state index contributed by atoms with van der Waals surface area (Å²) in [5.74, 6) is 0.111. The fourth-order valence-corrected chi connectivity index (χ4v) is 1.67. The number of hydrogen-bond donors (Lipinski definition) is 1. The van der Waals surface area contributed by atoms with E-state index >= 15 is 0 Å². The first-order valence-electron chi connectivity index (χ1n) is 5.15. The second-order valence-corrected chi connectivity index (χ2v) is 4.57. The summed E-state index contributed by atoms with van der Waals surface area (Å²) in [4.78, 5) is 11.1. The molecule has 1 atom stereocenters. The van der Waals surface area contributed by atoms with E-state index in [4.69, 9.17) is 0 Å². The third-order valence-electron chi connectivity index (χ3n) is 2.18. The first kappa shape index (κ1) is 12.2. The molecule has 2 nitrogen and oxygen atoms in total. The summed E-state index contributed by atoms with van der Waals surface area (Å²) in [5.41, 5.74) is 1.24. The lowest BCUT2D eigenvalue weighted by Crippen LogP contribution is -2.33. The van der Waals surface area contributed by atoms with Crippen LogP contribution in [-0.2, 0) is 11.2 Å². The van der Waals surface area contributed by atoms with Gasteiger partial charge in [0, 0.05) is 16.9 Å². The zero-order valence-corrected chi connectivity index (χ0v) is 10.7. The third-order valence-corrected chi connectivity index (χ3v) is 2.71. The van der Waals surface area contributed by atoms with Crippen LogP contribution in [0.1, 0.15) is 25.8 Å². The molecule has 0 heterocycles. The van der Waals surface area contributed by atoms with Crippen molar-refractivity contribution >= 4 is 21.8 Å². The number of hydrogen-bond acceptors (Lipinski definition) is 1. The molecule has 1 unspecified atom stereocenters. The van der Waals surface area contributed by atoms with Crippen LogP contribution in [0, 0.1) is 0 Å². The molecule has 0 radical (unpaired) electrons. The molecule has 1 aromatic carbocycles. The monoisotopic (exact) mass is 269 g/mol. The SMILES string of the molecule is CCC(=O)NC(C)Cc1ccc(Br)cc1. The molecule has 3 heteroatoms. The Bertz CT molecular complexity index is 321. The molecule has 0 bridgehead atoms. The van der Waals surface area contributed by atoms with Gasteiger partial charge in [-0.3, -0.25) is 4.79 Å². The number of nitrogens with one attached hydrogen (secondary N) is 1. The van der Waals surface area contributed by atoms with Crippen LogP contribution >= 0.6 is 15.9 Å². The molecular weight excluding hydrogens is 254 g/mol. The van der Waals surface area contributed by atoms with Gasteiger partial charge in [0.25, 0.3) is 0 Å². The minimum absolute atomic E-state index is 0.111. The number of amides is 1. The van der Waals surface area contributed by atoms with Crippen LogP contribution in [0.3, 0.4) is 0 Å². The van der Waals surface area contributed by atoms with Crippen LogP contribution in [-0.4, -0.2) is 11.9 Å². The minimum atomic E-state index is 0.111. The summed E-state index contributed by atoms with van der Waals surface area (Å²) < 4.78 is 1.08. The molecular formula is C12H16BrNO. The van der Waals surface area contributed by atoms with E-state index in [1.54, 1.807) is 0 Å². The number of carbonyl (C=O) groups is 1. The van der Waals surface area contributed by atoms with Gasteiger partial charge in [-0.2, -0.15) is 0 Å². The van der Waals surface area contributed by atoms with Crippen molar-refractivity contribution in [3.8, 4) is 0 Å². The first-order valence-corrected chi connectivity index (χ1v) is 5.95. The predicted molar refractivity (Wildman–Crippen MR) is 65.7 cm³/mol. The van der Waals surface area contributed by atoms with Crippen molar-refractivity contribution in [3.05, 3.63) is 34.3 Å². The van der Waals surface area contributed by atoms with E-state index in [9.17, 15) is 4.79 Å². The molecule has 1 rings (SSSR count). The fraction of sp³-hybridized carbons (Fsp3) is 0.417. The van der Waals surface area contributed by atoms with Crippen LogP contribution in [0.15, 0.2) is 28.7 Å². The third kappa shape index (κ3) is 4.47. The van der Waals surface area contributed by atoms with Crippen molar-refractivity contribution in [1.29, 1.82) is 0 Å². The molecule has 0 fully saturated rings. The van der Waals surface area contributed by atoms with Crippen molar-refractivity contribution in [3.63, 3.8) is 0 Å². The summed E-state index contributed by atoms with van der Waals surface area (Å²) in [7, 11) is 0. The van der Waals surface area contributed by atoms with E-state index in [1.165, 1.54) is 5.56 Å². The van der Waals surface area contributed by atoms with E-state index in [0.29, 0.717) is 6.42 Å². The highest BCUT2D eigenvalue weighted by molar-refractivity contribution is 9.10. The van der Waals surface area contributed by atoms with E-state index in [-0.39, 0.29) is 11.9 Å². The summed E-state index contributed by atoms with van der Waals surface area (Å²) in [6.07, 6.45) is 1.42. The number of halogens is 1. The van der Waals surface area contributed by atoms with Crippen LogP contribution in [0.25, 0.3) is 0 Å². The van der Waals surface area contributed by atoms with Gasteiger partial charge in [0.2, 0.25) is 5.91 Å². The number of rotatable bonds is 4. The molecule has 0 saturated heterocycles. The molecule has 15 heavy (non-hydrogen) atoms. The molecule has 1 N–H and O–H groups in total. The van der Waals surface area contributed by atoms with Gasteiger partial charge in [0.05, 0.1) is 0 Å². The second-order valence-electron chi connectivity index (χ2n) is 3.65. The van der Waals surface area contributed by atoms with E-state index in [2.05, 4.69) is 33.4 Å². The summed E-state index contributed by atoms with van der Waals surface area (Å²) in [6.45, 7) is 3.89. The Kier molecular flexibility index (Phi) is 4.82. The van der Waals surface area contributed by atoms with Gasteiger partial charge >= 0.3 is 0 Å². The topological polar surface area (TPSA) is 29.1 Å². The van der Waals surface area contributed by atoms with Crippen molar-refractivity contribution in [1.82, 2.24) is 5.32 Å². The smallest absolute Gasteiger partial charge is 0.219 e. The minimum Gasteiger partial charge on any atom is -0.353 e. The van der Waals surface area contributed by atoms with Gasteiger partial charge in [-0.15, -0.1) is 0 Å². The lowest BCUT2D eigenvalue weighted by Gasteiger charge is -2.13. The Labute approximate surface area is 99.2 Å². The number of carbonyl (C=O) groups excluding carboxylic acids is 1. The maximum Gasteiger partial charge on any atom is 0.219 e. The van der Waals surface area contributed by atoms with Crippen LogP contribution in [0.2, 0.25) is 0 Å². The van der Waals surface area contributed by atoms with Crippen molar-refractivity contribution < 1.29 is 4.79 Å². The van der Waals surface area contributed by atoms with Gasteiger partial charge < -0.3 is 5.32 Å². The van der Waals surface area contributed by atoms with Gasteiger partial charge in [-0.1, -0.05) is 35.0 Å².